The normalized spacial score (nSPS) is 25.8. The molecule has 1 aromatic rings. The quantitative estimate of drug-likeness (QED) is 0.859. The minimum Gasteiger partial charge on any atom is -0.465 e. The molecule has 0 aliphatic carbocycles. The predicted molar refractivity (Wildman–Crippen MR) is 67.7 cm³/mol. The van der Waals surface area contributed by atoms with Crippen molar-refractivity contribution in [2.75, 3.05) is 13.1 Å². The van der Waals surface area contributed by atoms with Crippen LogP contribution in [0, 0.1) is 12.3 Å². The molecule has 0 bridgehead atoms. The van der Waals surface area contributed by atoms with Crippen LogP contribution < -0.4 is 0 Å². The molecule has 2 rings (SSSR count). The van der Waals surface area contributed by atoms with E-state index in [4.69, 9.17) is 4.42 Å². The lowest BCUT2D eigenvalue weighted by molar-refractivity contribution is 0.121. The van der Waals surface area contributed by atoms with Gasteiger partial charge in [0.1, 0.15) is 11.5 Å². The van der Waals surface area contributed by atoms with E-state index in [2.05, 4.69) is 18.7 Å². The van der Waals surface area contributed by atoms with Gasteiger partial charge in [-0.15, -0.1) is 0 Å². The first-order valence-electron chi connectivity index (χ1n) is 6.40. The average Bonchev–Trinajstić information content (AvgIpc) is 2.53. The number of aliphatic hydroxyl groups excluding tert-OH is 1. The molecule has 0 aromatic carbocycles. The van der Waals surface area contributed by atoms with Gasteiger partial charge in [-0.25, -0.2) is 0 Å². The molecule has 0 saturated carbocycles. The molecule has 1 aliphatic rings. The summed E-state index contributed by atoms with van der Waals surface area (Å²) in [6.45, 7) is 9.24. The number of aryl methyl sites for hydroxylation is 1. The van der Waals surface area contributed by atoms with Crippen molar-refractivity contribution in [1.29, 1.82) is 0 Å². The lowest BCUT2D eigenvalue weighted by Crippen LogP contribution is -2.32. The molecule has 3 nitrogen and oxygen atoms in total. The maximum Gasteiger partial charge on any atom is 0.118 e. The van der Waals surface area contributed by atoms with Crippen LogP contribution in [0.3, 0.4) is 0 Å². The number of hydrogen-bond acceptors (Lipinski definition) is 3. The molecule has 1 atom stereocenters. The van der Waals surface area contributed by atoms with Crippen molar-refractivity contribution in [2.45, 2.75) is 46.3 Å². The molecular weight excluding hydrogens is 214 g/mol. The highest BCUT2D eigenvalue weighted by Crippen LogP contribution is 2.29. The van der Waals surface area contributed by atoms with Gasteiger partial charge in [0.2, 0.25) is 0 Å². The van der Waals surface area contributed by atoms with Crippen LogP contribution in [-0.2, 0) is 6.54 Å². The summed E-state index contributed by atoms with van der Waals surface area (Å²) in [5.74, 6) is 1.99. The number of nitrogens with zero attached hydrogens (tertiary/aromatic N) is 1. The SMILES string of the molecule is Cc1ccc(CN2CCC(O)CC(C)(C)C2)o1. The van der Waals surface area contributed by atoms with Gasteiger partial charge in [-0.1, -0.05) is 13.8 Å². The van der Waals surface area contributed by atoms with Gasteiger partial charge in [-0.2, -0.15) is 0 Å². The lowest BCUT2D eigenvalue weighted by Gasteiger charge is -2.29. The molecule has 1 saturated heterocycles. The van der Waals surface area contributed by atoms with Gasteiger partial charge >= 0.3 is 0 Å². The number of furan rings is 1. The molecule has 0 radical (unpaired) electrons. The van der Waals surface area contributed by atoms with Gasteiger partial charge in [0.25, 0.3) is 0 Å². The Morgan fingerprint density at radius 2 is 2.24 bits per heavy atom. The first-order chi connectivity index (χ1) is 7.94. The molecule has 2 heterocycles. The second-order valence-corrected chi connectivity index (χ2v) is 6.03. The Labute approximate surface area is 103 Å². The summed E-state index contributed by atoms with van der Waals surface area (Å²) in [5.41, 5.74) is 0.178. The first-order valence-corrected chi connectivity index (χ1v) is 6.40. The van der Waals surface area contributed by atoms with Crippen molar-refractivity contribution < 1.29 is 9.52 Å². The summed E-state index contributed by atoms with van der Waals surface area (Å²) >= 11 is 0. The molecule has 0 spiro atoms. The van der Waals surface area contributed by atoms with E-state index in [9.17, 15) is 5.11 Å². The lowest BCUT2D eigenvalue weighted by atomic mass is 9.87. The third-order valence-electron chi connectivity index (χ3n) is 3.39. The van der Waals surface area contributed by atoms with Crippen LogP contribution >= 0.6 is 0 Å². The predicted octanol–water partition coefficient (Wildman–Crippen LogP) is 2.57. The maximum atomic E-state index is 9.86. The Morgan fingerprint density at radius 1 is 1.47 bits per heavy atom. The maximum absolute atomic E-state index is 9.86. The summed E-state index contributed by atoms with van der Waals surface area (Å²) < 4.78 is 5.62. The smallest absolute Gasteiger partial charge is 0.118 e. The van der Waals surface area contributed by atoms with Crippen LogP contribution in [0.5, 0.6) is 0 Å². The largest absolute Gasteiger partial charge is 0.465 e. The van der Waals surface area contributed by atoms with Crippen molar-refractivity contribution in [3.05, 3.63) is 23.7 Å². The summed E-state index contributed by atoms with van der Waals surface area (Å²) in [4.78, 5) is 2.38. The zero-order valence-corrected chi connectivity index (χ0v) is 11.1. The molecule has 96 valence electrons. The van der Waals surface area contributed by atoms with Crippen molar-refractivity contribution in [2.24, 2.45) is 5.41 Å². The van der Waals surface area contributed by atoms with Crippen LogP contribution in [0.1, 0.15) is 38.2 Å². The summed E-state index contributed by atoms with van der Waals surface area (Å²) in [6.07, 6.45) is 1.59. The zero-order valence-electron chi connectivity index (χ0n) is 11.1. The van der Waals surface area contributed by atoms with E-state index in [-0.39, 0.29) is 11.5 Å². The number of aliphatic hydroxyl groups is 1. The Bertz CT molecular complexity index is 370. The van der Waals surface area contributed by atoms with E-state index in [0.29, 0.717) is 0 Å². The minimum atomic E-state index is -0.159. The standard InChI is InChI=1S/C14H23NO2/c1-11-4-5-13(17-11)9-15-7-6-12(16)8-14(2,3)10-15/h4-5,12,16H,6-10H2,1-3H3. The first kappa shape index (κ1) is 12.7. The molecule has 1 N–H and O–H groups in total. The van der Waals surface area contributed by atoms with E-state index < -0.39 is 0 Å². The van der Waals surface area contributed by atoms with E-state index >= 15 is 0 Å². The highest BCUT2D eigenvalue weighted by Gasteiger charge is 2.29. The summed E-state index contributed by atoms with van der Waals surface area (Å²) in [7, 11) is 0. The third-order valence-corrected chi connectivity index (χ3v) is 3.39. The van der Waals surface area contributed by atoms with Gasteiger partial charge in [-0.3, -0.25) is 4.90 Å². The topological polar surface area (TPSA) is 36.6 Å². The second-order valence-electron chi connectivity index (χ2n) is 6.03. The number of hydrogen-bond donors (Lipinski definition) is 1. The van der Waals surface area contributed by atoms with Crippen LogP contribution in [0.2, 0.25) is 0 Å². The fraction of sp³-hybridized carbons (Fsp3) is 0.714. The van der Waals surface area contributed by atoms with Gasteiger partial charge in [-0.05, 0) is 37.3 Å². The van der Waals surface area contributed by atoms with Crippen molar-refractivity contribution in [1.82, 2.24) is 4.90 Å². The Balaban J connectivity index is 2.00. The Hall–Kier alpha value is -0.800. The highest BCUT2D eigenvalue weighted by atomic mass is 16.3. The summed E-state index contributed by atoms with van der Waals surface area (Å²) in [5, 5.41) is 9.86. The van der Waals surface area contributed by atoms with Gasteiger partial charge < -0.3 is 9.52 Å². The van der Waals surface area contributed by atoms with E-state index in [0.717, 1.165) is 44.0 Å². The Kier molecular flexibility index (Phi) is 3.59. The number of rotatable bonds is 2. The van der Waals surface area contributed by atoms with Gasteiger partial charge in [0, 0.05) is 13.1 Å². The average molecular weight is 237 g/mol. The fourth-order valence-electron chi connectivity index (χ4n) is 2.75. The van der Waals surface area contributed by atoms with Crippen molar-refractivity contribution >= 4 is 0 Å². The van der Waals surface area contributed by atoms with E-state index in [1.54, 1.807) is 0 Å². The Morgan fingerprint density at radius 3 is 2.88 bits per heavy atom. The van der Waals surface area contributed by atoms with Crippen LogP contribution in [0.15, 0.2) is 16.5 Å². The molecule has 1 unspecified atom stereocenters. The monoisotopic (exact) mass is 237 g/mol. The van der Waals surface area contributed by atoms with E-state index in [1.807, 2.05) is 19.1 Å². The second kappa shape index (κ2) is 4.83. The highest BCUT2D eigenvalue weighted by molar-refractivity contribution is 5.05. The van der Waals surface area contributed by atoms with Crippen LogP contribution in [0.25, 0.3) is 0 Å². The van der Waals surface area contributed by atoms with Gasteiger partial charge in [0.05, 0.1) is 12.6 Å². The van der Waals surface area contributed by atoms with Crippen molar-refractivity contribution in [3.8, 4) is 0 Å². The summed E-state index contributed by atoms with van der Waals surface area (Å²) in [6, 6.07) is 4.05. The van der Waals surface area contributed by atoms with E-state index in [1.165, 1.54) is 0 Å². The van der Waals surface area contributed by atoms with Crippen molar-refractivity contribution in [3.63, 3.8) is 0 Å². The minimum absolute atomic E-state index is 0.159. The third kappa shape index (κ3) is 3.58. The number of likely N-dealkylation sites (tertiary alicyclic amines) is 1. The molecule has 3 heteroatoms. The molecule has 17 heavy (non-hydrogen) atoms. The molecule has 0 amide bonds. The molecule has 1 aromatic heterocycles. The zero-order chi connectivity index (χ0) is 12.5. The molecule has 1 fully saturated rings. The molecular formula is C14H23NO2. The van der Waals surface area contributed by atoms with Crippen LogP contribution in [-0.4, -0.2) is 29.2 Å². The van der Waals surface area contributed by atoms with Gasteiger partial charge in [0.15, 0.2) is 0 Å². The molecule has 1 aliphatic heterocycles. The van der Waals surface area contributed by atoms with Crippen LogP contribution in [0.4, 0.5) is 0 Å². The fourth-order valence-corrected chi connectivity index (χ4v) is 2.75.